The van der Waals surface area contributed by atoms with Crippen molar-refractivity contribution in [2.45, 2.75) is 13.8 Å². The van der Waals surface area contributed by atoms with E-state index >= 15 is 0 Å². The van der Waals surface area contributed by atoms with Gasteiger partial charge in [-0.2, -0.15) is 5.10 Å². The Labute approximate surface area is 116 Å². The van der Waals surface area contributed by atoms with Crippen molar-refractivity contribution in [2.75, 3.05) is 0 Å². The Hall–Kier alpha value is -1.32. The number of aromatic nitrogens is 2. The second-order valence-electron chi connectivity index (χ2n) is 4.07. The molecule has 1 aromatic carbocycles. The highest BCUT2D eigenvalue weighted by atomic mass is 35.5. The summed E-state index contributed by atoms with van der Waals surface area (Å²) in [4.78, 5) is 4.45. The molecule has 0 saturated carbocycles. The lowest BCUT2D eigenvalue weighted by Crippen LogP contribution is -1.92. The summed E-state index contributed by atoms with van der Waals surface area (Å²) in [5, 5.41) is 5.51. The fourth-order valence-corrected chi connectivity index (χ4v) is 2.15. The minimum absolute atomic E-state index is 0.588. The average molecular weight is 282 g/mol. The first kappa shape index (κ1) is 13.1. The van der Waals surface area contributed by atoms with E-state index in [0.717, 1.165) is 22.6 Å². The largest absolute Gasteiger partial charge is 0.270 e. The highest BCUT2D eigenvalue weighted by Gasteiger charge is 2.07. The minimum Gasteiger partial charge on any atom is -0.270 e. The zero-order chi connectivity index (χ0) is 13.3. The van der Waals surface area contributed by atoms with E-state index in [2.05, 4.69) is 10.1 Å². The van der Waals surface area contributed by atoms with Gasteiger partial charge < -0.3 is 0 Å². The molecular weight excluding hydrogens is 269 g/mol. The molecular formula is C13H13Cl2N3. The Morgan fingerprint density at radius 2 is 2.00 bits per heavy atom. The second kappa shape index (κ2) is 5.12. The molecule has 2 aromatic rings. The lowest BCUT2D eigenvalue weighted by molar-refractivity contribution is 0.731. The van der Waals surface area contributed by atoms with E-state index in [1.54, 1.807) is 18.3 Å². The molecule has 0 bridgehead atoms. The average Bonchev–Trinajstić information content (AvgIpc) is 2.53. The second-order valence-corrected chi connectivity index (χ2v) is 4.91. The van der Waals surface area contributed by atoms with Crippen molar-refractivity contribution >= 4 is 35.1 Å². The van der Waals surface area contributed by atoms with Gasteiger partial charge in [0, 0.05) is 23.8 Å². The first-order valence-corrected chi connectivity index (χ1v) is 6.24. The van der Waals surface area contributed by atoms with E-state index in [1.807, 2.05) is 31.6 Å². The van der Waals surface area contributed by atoms with Crippen LogP contribution in [0.3, 0.4) is 0 Å². The van der Waals surface area contributed by atoms with Crippen molar-refractivity contribution in [3.8, 4) is 0 Å². The molecule has 0 aliphatic heterocycles. The first-order valence-electron chi connectivity index (χ1n) is 5.48. The zero-order valence-electron chi connectivity index (χ0n) is 10.4. The van der Waals surface area contributed by atoms with Gasteiger partial charge >= 0.3 is 0 Å². The topological polar surface area (TPSA) is 30.2 Å². The standard InChI is InChI=1S/C13H13Cl2N3/c1-8-13(9(2)18(3)17-8)16-7-10-4-5-11(14)6-12(10)15/h4-7H,1-3H3. The van der Waals surface area contributed by atoms with Crippen molar-refractivity contribution in [1.29, 1.82) is 0 Å². The normalized spacial score (nSPS) is 11.4. The van der Waals surface area contributed by atoms with Crippen molar-refractivity contribution in [2.24, 2.45) is 12.0 Å². The number of hydrogen-bond acceptors (Lipinski definition) is 2. The van der Waals surface area contributed by atoms with E-state index in [-0.39, 0.29) is 0 Å². The molecule has 0 saturated heterocycles. The Balaban J connectivity index is 2.36. The van der Waals surface area contributed by atoms with Crippen LogP contribution in [-0.2, 0) is 7.05 Å². The highest BCUT2D eigenvalue weighted by molar-refractivity contribution is 6.36. The quantitative estimate of drug-likeness (QED) is 0.763. The molecule has 0 radical (unpaired) electrons. The first-order chi connectivity index (χ1) is 8.49. The van der Waals surface area contributed by atoms with Crippen molar-refractivity contribution < 1.29 is 0 Å². The molecule has 3 nitrogen and oxygen atoms in total. The summed E-state index contributed by atoms with van der Waals surface area (Å²) in [6.07, 6.45) is 1.73. The Bertz CT molecular complexity index is 615. The summed E-state index contributed by atoms with van der Waals surface area (Å²) >= 11 is 11.9. The number of halogens is 2. The number of hydrogen-bond donors (Lipinski definition) is 0. The molecule has 0 atom stereocenters. The molecule has 0 unspecified atom stereocenters. The molecule has 0 aliphatic carbocycles. The SMILES string of the molecule is Cc1nn(C)c(C)c1N=Cc1ccc(Cl)cc1Cl. The van der Waals surface area contributed by atoms with E-state index in [4.69, 9.17) is 23.2 Å². The van der Waals surface area contributed by atoms with Gasteiger partial charge in [0.1, 0.15) is 5.69 Å². The van der Waals surface area contributed by atoms with E-state index < -0.39 is 0 Å². The molecule has 1 heterocycles. The van der Waals surface area contributed by atoms with Crippen LogP contribution in [0.15, 0.2) is 23.2 Å². The summed E-state index contributed by atoms with van der Waals surface area (Å²) in [6.45, 7) is 3.92. The minimum atomic E-state index is 0.588. The fourth-order valence-electron chi connectivity index (χ4n) is 1.69. The van der Waals surface area contributed by atoms with Crippen LogP contribution in [0, 0.1) is 13.8 Å². The number of rotatable bonds is 2. The van der Waals surface area contributed by atoms with Crippen LogP contribution in [0.25, 0.3) is 0 Å². The fraction of sp³-hybridized carbons (Fsp3) is 0.231. The third kappa shape index (κ3) is 2.57. The number of aryl methyl sites for hydroxylation is 2. The lowest BCUT2D eigenvalue weighted by atomic mass is 10.2. The van der Waals surface area contributed by atoms with Gasteiger partial charge in [-0.1, -0.05) is 29.3 Å². The Morgan fingerprint density at radius 3 is 2.56 bits per heavy atom. The van der Waals surface area contributed by atoms with Gasteiger partial charge in [-0.05, 0) is 26.0 Å². The third-order valence-corrected chi connectivity index (χ3v) is 3.33. The van der Waals surface area contributed by atoms with Crippen LogP contribution in [-0.4, -0.2) is 16.0 Å². The number of aliphatic imine (C=N–C) groups is 1. The molecule has 94 valence electrons. The molecule has 0 amide bonds. The lowest BCUT2D eigenvalue weighted by Gasteiger charge is -1.99. The third-order valence-electron chi connectivity index (χ3n) is 2.77. The predicted molar refractivity (Wildman–Crippen MR) is 76.4 cm³/mol. The van der Waals surface area contributed by atoms with E-state index in [1.165, 1.54) is 0 Å². The maximum Gasteiger partial charge on any atom is 0.107 e. The summed E-state index contributed by atoms with van der Waals surface area (Å²) in [5.41, 5.74) is 3.64. The van der Waals surface area contributed by atoms with Crippen molar-refractivity contribution in [3.63, 3.8) is 0 Å². The molecule has 2 rings (SSSR count). The van der Waals surface area contributed by atoms with Gasteiger partial charge in [-0.25, -0.2) is 0 Å². The van der Waals surface area contributed by atoms with Crippen LogP contribution in [0.2, 0.25) is 10.0 Å². The van der Waals surface area contributed by atoms with Crippen molar-refractivity contribution in [1.82, 2.24) is 9.78 Å². The number of nitrogens with zero attached hydrogens (tertiary/aromatic N) is 3. The van der Waals surface area contributed by atoms with Crippen LogP contribution in [0.1, 0.15) is 17.0 Å². The Morgan fingerprint density at radius 1 is 1.28 bits per heavy atom. The van der Waals surface area contributed by atoms with Gasteiger partial charge in [0.05, 0.1) is 16.4 Å². The van der Waals surface area contributed by atoms with Crippen LogP contribution >= 0.6 is 23.2 Å². The molecule has 0 N–H and O–H groups in total. The van der Waals surface area contributed by atoms with Crippen LogP contribution < -0.4 is 0 Å². The molecule has 5 heteroatoms. The highest BCUT2D eigenvalue weighted by Crippen LogP contribution is 2.24. The summed E-state index contributed by atoms with van der Waals surface area (Å²) in [7, 11) is 1.90. The van der Waals surface area contributed by atoms with Gasteiger partial charge in [-0.15, -0.1) is 0 Å². The molecule has 0 fully saturated rings. The van der Waals surface area contributed by atoms with Gasteiger partial charge in [0.25, 0.3) is 0 Å². The molecule has 0 spiro atoms. The predicted octanol–water partition coefficient (Wildman–Crippen LogP) is 4.09. The van der Waals surface area contributed by atoms with E-state index in [0.29, 0.717) is 10.0 Å². The Kier molecular flexibility index (Phi) is 3.73. The van der Waals surface area contributed by atoms with Crippen molar-refractivity contribution in [3.05, 3.63) is 45.2 Å². The summed E-state index contributed by atoms with van der Waals surface area (Å²) < 4.78 is 1.81. The van der Waals surface area contributed by atoms with Crippen LogP contribution in [0.4, 0.5) is 5.69 Å². The monoisotopic (exact) mass is 281 g/mol. The maximum absolute atomic E-state index is 6.08. The smallest absolute Gasteiger partial charge is 0.107 e. The molecule has 18 heavy (non-hydrogen) atoms. The zero-order valence-corrected chi connectivity index (χ0v) is 11.9. The van der Waals surface area contributed by atoms with Gasteiger partial charge in [0.15, 0.2) is 0 Å². The molecule has 1 aromatic heterocycles. The van der Waals surface area contributed by atoms with E-state index in [9.17, 15) is 0 Å². The molecule has 0 aliphatic rings. The number of benzene rings is 1. The summed E-state index contributed by atoms with van der Waals surface area (Å²) in [6, 6.07) is 5.33. The van der Waals surface area contributed by atoms with Gasteiger partial charge in [-0.3, -0.25) is 9.67 Å². The van der Waals surface area contributed by atoms with Crippen LogP contribution in [0.5, 0.6) is 0 Å². The van der Waals surface area contributed by atoms with Gasteiger partial charge in [0.2, 0.25) is 0 Å². The summed E-state index contributed by atoms with van der Waals surface area (Å²) in [5.74, 6) is 0. The maximum atomic E-state index is 6.08.